The van der Waals surface area contributed by atoms with E-state index in [-0.39, 0.29) is 16.5 Å². The highest BCUT2D eigenvalue weighted by atomic mass is 32.2. The Morgan fingerprint density at radius 1 is 0.639 bits per heavy atom. The molecule has 4 aromatic carbocycles. The van der Waals surface area contributed by atoms with Crippen LogP contribution in [-0.4, -0.2) is 25.9 Å². The van der Waals surface area contributed by atoms with Crippen molar-refractivity contribution in [3.63, 3.8) is 0 Å². The lowest BCUT2D eigenvalue weighted by Crippen LogP contribution is -2.03. The van der Waals surface area contributed by atoms with Gasteiger partial charge in [-0.1, -0.05) is 12.1 Å². The number of hydrogen-bond acceptors (Lipinski definition) is 9. The van der Waals surface area contributed by atoms with Crippen LogP contribution < -0.4 is 5.73 Å². The van der Waals surface area contributed by atoms with Crippen molar-refractivity contribution < 1.29 is 25.9 Å². The second-order valence-corrected chi connectivity index (χ2v) is 10.5. The molecule has 11 nitrogen and oxygen atoms in total. The number of anilines is 1. The Bertz CT molecular complexity index is 1750. The third-order valence-electron chi connectivity index (χ3n) is 5.09. The minimum Gasteiger partial charge on any atom is -0.399 e. The Balaban J connectivity index is 1.71. The molecule has 0 aliphatic carbocycles. The Labute approximate surface area is 206 Å². The summed E-state index contributed by atoms with van der Waals surface area (Å²) in [5, 5.41) is 16.2. The van der Waals surface area contributed by atoms with Crippen LogP contribution >= 0.6 is 0 Å². The first-order valence-corrected chi connectivity index (χ1v) is 13.1. The molecule has 0 aliphatic rings. The number of benzene rings is 4. The van der Waals surface area contributed by atoms with E-state index in [2.05, 4.69) is 20.5 Å². The molecule has 36 heavy (non-hydrogen) atoms. The second kappa shape index (κ2) is 9.54. The largest absolute Gasteiger partial charge is 0.399 e. The number of aryl methyl sites for hydroxylation is 1. The van der Waals surface area contributed by atoms with Crippen LogP contribution in [0.15, 0.2) is 103 Å². The van der Waals surface area contributed by atoms with Crippen LogP contribution in [-0.2, 0) is 20.2 Å². The summed E-state index contributed by atoms with van der Waals surface area (Å²) in [6, 6.07) is 17.8. The van der Waals surface area contributed by atoms with E-state index in [0.717, 1.165) is 12.1 Å². The summed E-state index contributed by atoms with van der Waals surface area (Å²) in [6.07, 6.45) is 0. The van der Waals surface area contributed by atoms with Gasteiger partial charge >= 0.3 is 0 Å². The first kappa shape index (κ1) is 25.1. The van der Waals surface area contributed by atoms with E-state index in [1.54, 1.807) is 49.4 Å². The van der Waals surface area contributed by atoms with Gasteiger partial charge in [0, 0.05) is 16.5 Å². The smallest absolute Gasteiger partial charge is 0.295 e. The normalized spacial score (nSPS) is 12.6. The van der Waals surface area contributed by atoms with Crippen molar-refractivity contribution in [3.05, 3.63) is 78.4 Å². The molecule has 0 radical (unpaired) electrons. The summed E-state index contributed by atoms with van der Waals surface area (Å²) in [4.78, 5) is -1.11. The van der Waals surface area contributed by atoms with E-state index in [0.29, 0.717) is 28.3 Å². The fourth-order valence-corrected chi connectivity index (χ4v) is 4.81. The Morgan fingerprint density at radius 3 is 1.89 bits per heavy atom. The Hall–Kier alpha value is -4.04. The van der Waals surface area contributed by atoms with Crippen LogP contribution in [0.4, 0.5) is 28.4 Å². The van der Waals surface area contributed by atoms with Crippen LogP contribution in [0, 0.1) is 6.92 Å². The molecule has 0 unspecified atom stereocenters. The van der Waals surface area contributed by atoms with Crippen molar-refractivity contribution in [2.24, 2.45) is 20.5 Å². The maximum absolute atomic E-state index is 12.0. The number of nitrogens with zero attached hydrogens (tertiary/aromatic N) is 4. The van der Waals surface area contributed by atoms with E-state index in [1.807, 2.05) is 0 Å². The van der Waals surface area contributed by atoms with Gasteiger partial charge in [-0.05, 0) is 73.2 Å². The zero-order valence-electron chi connectivity index (χ0n) is 18.6. The van der Waals surface area contributed by atoms with E-state index < -0.39 is 30.0 Å². The van der Waals surface area contributed by atoms with Gasteiger partial charge in [0.15, 0.2) is 0 Å². The molecule has 0 spiro atoms. The lowest BCUT2D eigenvalue weighted by atomic mass is 10.1. The number of hydrogen-bond donors (Lipinski definition) is 3. The maximum Gasteiger partial charge on any atom is 0.295 e. The van der Waals surface area contributed by atoms with Crippen molar-refractivity contribution in [2.75, 3.05) is 5.73 Å². The highest BCUT2D eigenvalue weighted by Crippen LogP contribution is 2.34. The molecule has 0 fully saturated rings. The number of rotatable bonds is 6. The number of nitrogen functional groups attached to an aromatic ring is 1. The predicted octanol–water partition coefficient (Wildman–Crippen LogP) is 6.05. The molecule has 0 aromatic heterocycles. The Kier molecular flexibility index (Phi) is 6.65. The molecule has 0 bridgehead atoms. The SMILES string of the molecule is Cc1cc(N=Nc2ccc(N)cc2)ccc1N=Nc1cc(S(=O)(=O)O)c2cccc(S(=O)(=O)O)c2c1. The third-order valence-corrected chi connectivity index (χ3v) is 6.89. The van der Waals surface area contributed by atoms with E-state index in [1.165, 1.54) is 18.2 Å². The number of nitrogens with two attached hydrogens (primary N) is 1. The van der Waals surface area contributed by atoms with Crippen LogP contribution in [0.3, 0.4) is 0 Å². The molecule has 184 valence electrons. The zero-order valence-corrected chi connectivity index (χ0v) is 20.3. The molecule has 4 aromatic rings. The molecule has 0 saturated carbocycles. The molecule has 0 aliphatic heterocycles. The molecule has 13 heteroatoms. The molecular formula is C23H19N5O6S2. The quantitative estimate of drug-likeness (QED) is 0.155. The molecule has 0 amide bonds. The van der Waals surface area contributed by atoms with Crippen LogP contribution in [0.2, 0.25) is 0 Å². The first-order chi connectivity index (χ1) is 16.9. The van der Waals surface area contributed by atoms with Gasteiger partial charge < -0.3 is 5.73 Å². The standard InChI is InChI=1S/C23H19N5O6S2/c1-14-11-17(26-25-16-7-5-15(24)6-8-16)9-10-21(14)28-27-18-12-20-19(23(13-18)36(32,33)34)3-2-4-22(20)35(29,30)31/h2-13H,24H2,1H3,(H,29,30,31)(H,32,33,34). The minimum absolute atomic E-state index is 0.0576. The fraction of sp³-hybridized carbons (Fsp3) is 0.0435. The predicted molar refractivity (Wildman–Crippen MR) is 134 cm³/mol. The fourth-order valence-electron chi connectivity index (χ4n) is 3.39. The topological polar surface area (TPSA) is 184 Å². The first-order valence-electron chi connectivity index (χ1n) is 10.2. The van der Waals surface area contributed by atoms with Crippen molar-refractivity contribution in [3.8, 4) is 0 Å². The molecule has 0 saturated heterocycles. The molecule has 0 heterocycles. The van der Waals surface area contributed by atoms with Crippen molar-refractivity contribution in [1.29, 1.82) is 0 Å². The zero-order chi connectivity index (χ0) is 26.1. The average molecular weight is 526 g/mol. The van der Waals surface area contributed by atoms with Gasteiger partial charge in [-0.2, -0.15) is 37.3 Å². The van der Waals surface area contributed by atoms with Gasteiger partial charge in [0.2, 0.25) is 0 Å². The highest BCUT2D eigenvalue weighted by molar-refractivity contribution is 7.86. The van der Waals surface area contributed by atoms with Gasteiger partial charge in [0.25, 0.3) is 20.2 Å². The molecule has 4 N–H and O–H groups in total. The van der Waals surface area contributed by atoms with Gasteiger partial charge in [0.1, 0.15) is 9.79 Å². The minimum atomic E-state index is -4.75. The van der Waals surface area contributed by atoms with Crippen LogP contribution in [0.1, 0.15) is 5.56 Å². The summed E-state index contributed by atoms with van der Waals surface area (Å²) in [7, 11) is -9.44. The second-order valence-electron chi connectivity index (χ2n) is 7.71. The van der Waals surface area contributed by atoms with Crippen molar-refractivity contribution in [1.82, 2.24) is 0 Å². The monoisotopic (exact) mass is 525 g/mol. The molecule has 4 rings (SSSR count). The number of azo groups is 2. The van der Waals surface area contributed by atoms with E-state index >= 15 is 0 Å². The number of fused-ring (bicyclic) bond motifs is 1. The summed E-state index contributed by atoms with van der Waals surface area (Å²) in [6.45, 7) is 1.76. The summed E-state index contributed by atoms with van der Waals surface area (Å²) < 4.78 is 66.7. The van der Waals surface area contributed by atoms with Crippen molar-refractivity contribution >= 4 is 59.4 Å². The lowest BCUT2D eigenvalue weighted by molar-refractivity contribution is 0.481. The van der Waals surface area contributed by atoms with Crippen LogP contribution in [0.25, 0.3) is 10.8 Å². The van der Waals surface area contributed by atoms with Gasteiger partial charge in [-0.25, -0.2) is 0 Å². The molecule has 0 atom stereocenters. The summed E-state index contributed by atoms with van der Waals surface area (Å²) in [5.74, 6) is 0. The van der Waals surface area contributed by atoms with E-state index in [4.69, 9.17) is 5.73 Å². The lowest BCUT2D eigenvalue weighted by Gasteiger charge is -2.09. The Morgan fingerprint density at radius 2 is 1.25 bits per heavy atom. The third kappa shape index (κ3) is 5.60. The summed E-state index contributed by atoms with van der Waals surface area (Å²) >= 11 is 0. The van der Waals surface area contributed by atoms with E-state index in [9.17, 15) is 25.9 Å². The van der Waals surface area contributed by atoms with Crippen LogP contribution in [0.5, 0.6) is 0 Å². The summed E-state index contributed by atoms with van der Waals surface area (Å²) in [5.41, 5.74) is 8.50. The molecular weight excluding hydrogens is 506 g/mol. The van der Waals surface area contributed by atoms with Gasteiger partial charge in [-0.3, -0.25) is 9.11 Å². The van der Waals surface area contributed by atoms with Gasteiger partial charge in [-0.15, -0.1) is 0 Å². The van der Waals surface area contributed by atoms with Gasteiger partial charge in [0.05, 0.1) is 22.7 Å². The average Bonchev–Trinajstić information content (AvgIpc) is 2.81. The maximum atomic E-state index is 12.0. The van der Waals surface area contributed by atoms with Crippen molar-refractivity contribution in [2.45, 2.75) is 16.7 Å². The highest BCUT2D eigenvalue weighted by Gasteiger charge is 2.21.